The molecule has 5 nitrogen and oxygen atoms in total. The number of carbonyl (C=O) groups is 2. The van der Waals surface area contributed by atoms with Crippen LogP contribution >= 0.6 is 0 Å². The number of aromatic hydroxyl groups is 1. The number of Topliss-reactive ketones (excluding diaryl/α,β-unsaturated/α-hetero) is 1. The molecule has 0 aliphatic heterocycles. The van der Waals surface area contributed by atoms with Crippen molar-refractivity contribution in [1.82, 2.24) is 0 Å². The van der Waals surface area contributed by atoms with Crippen molar-refractivity contribution >= 4 is 11.8 Å². The van der Waals surface area contributed by atoms with Gasteiger partial charge >= 0.3 is 5.97 Å². The zero-order valence-electron chi connectivity index (χ0n) is 15.3. The first-order chi connectivity index (χ1) is 12.3. The molecular weight excluding hydrogens is 332 g/mol. The third-order valence-corrected chi connectivity index (χ3v) is 7.31. The van der Waals surface area contributed by atoms with Gasteiger partial charge in [-0.2, -0.15) is 0 Å². The summed E-state index contributed by atoms with van der Waals surface area (Å²) < 4.78 is 5.31. The van der Waals surface area contributed by atoms with Crippen LogP contribution in [0.5, 0.6) is 11.5 Å². The van der Waals surface area contributed by atoms with E-state index in [1.165, 1.54) is 11.1 Å². The van der Waals surface area contributed by atoms with E-state index in [1.54, 1.807) is 7.11 Å². The fourth-order valence-electron chi connectivity index (χ4n) is 6.08. The number of hydrogen-bond donors (Lipinski definition) is 2. The maximum Gasteiger partial charge on any atom is 0.304 e. The van der Waals surface area contributed by atoms with E-state index >= 15 is 0 Å². The van der Waals surface area contributed by atoms with Crippen LogP contribution in [0.25, 0.3) is 0 Å². The lowest BCUT2D eigenvalue weighted by Crippen LogP contribution is -2.42. The van der Waals surface area contributed by atoms with Gasteiger partial charge in [-0.3, -0.25) is 9.59 Å². The van der Waals surface area contributed by atoms with E-state index in [-0.39, 0.29) is 35.2 Å². The Morgan fingerprint density at radius 3 is 2.81 bits per heavy atom. The summed E-state index contributed by atoms with van der Waals surface area (Å²) in [6.07, 6.45) is 4.30. The highest BCUT2D eigenvalue weighted by Gasteiger charge is 2.58. The molecule has 140 valence electrons. The van der Waals surface area contributed by atoms with Crippen LogP contribution in [-0.4, -0.2) is 29.1 Å². The minimum absolute atomic E-state index is 0.0411. The van der Waals surface area contributed by atoms with Crippen LogP contribution in [0, 0.1) is 23.2 Å². The number of phenolic OH excluding ortho intramolecular Hbond substituents is 1. The maximum atomic E-state index is 12.9. The van der Waals surface area contributed by atoms with E-state index in [0.717, 1.165) is 25.7 Å². The molecule has 0 radical (unpaired) electrons. The number of rotatable bonds is 3. The molecular formula is C21H26O5. The predicted octanol–water partition coefficient (Wildman–Crippen LogP) is 3.53. The highest BCUT2D eigenvalue weighted by Crippen LogP contribution is 2.61. The molecule has 5 atom stereocenters. The lowest BCUT2D eigenvalue weighted by atomic mass is 9.55. The topological polar surface area (TPSA) is 83.8 Å². The Hall–Kier alpha value is -2.04. The zero-order valence-corrected chi connectivity index (χ0v) is 15.3. The summed E-state index contributed by atoms with van der Waals surface area (Å²) in [4.78, 5) is 24.1. The van der Waals surface area contributed by atoms with E-state index in [9.17, 15) is 14.7 Å². The smallest absolute Gasteiger partial charge is 0.304 e. The first-order valence-corrected chi connectivity index (χ1v) is 9.51. The molecule has 0 heterocycles. The van der Waals surface area contributed by atoms with Gasteiger partial charge in [-0.25, -0.2) is 0 Å². The van der Waals surface area contributed by atoms with E-state index in [4.69, 9.17) is 9.84 Å². The van der Waals surface area contributed by atoms with Crippen molar-refractivity contribution < 1.29 is 24.5 Å². The van der Waals surface area contributed by atoms with E-state index in [0.29, 0.717) is 24.0 Å². The molecule has 3 aliphatic rings. The van der Waals surface area contributed by atoms with Gasteiger partial charge < -0.3 is 14.9 Å². The Morgan fingerprint density at radius 2 is 2.12 bits per heavy atom. The van der Waals surface area contributed by atoms with Gasteiger partial charge in [0.05, 0.1) is 13.5 Å². The molecule has 3 aliphatic carbocycles. The molecule has 2 fully saturated rings. The summed E-state index contributed by atoms with van der Waals surface area (Å²) in [7, 11) is 1.56. The van der Waals surface area contributed by atoms with Crippen LogP contribution in [0.15, 0.2) is 12.1 Å². The standard InChI is InChI=1S/C21H26O5/c1-21-6-5-13-14(16(21)7-12(20(21)25)9-19(23)24)4-3-11-8-17(22)18(26-2)10-15(11)13/h8,10,12-14,16,22H,3-7,9H2,1-2H3,(H,23,24)/t12?,13?,14?,16?,21-/m0/s1. The van der Waals surface area contributed by atoms with Crippen LogP contribution in [0.1, 0.15) is 56.1 Å². The number of ether oxygens (including phenoxy) is 1. The molecule has 0 saturated heterocycles. The fourth-order valence-corrected chi connectivity index (χ4v) is 6.08. The molecule has 0 amide bonds. The minimum atomic E-state index is -0.878. The van der Waals surface area contributed by atoms with Crippen molar-refractivity contribution in [3.63, 3.8) is 0 Å². The predicted molar refractivity (Wildman–Crippen MR) is 95.4 cm³/mol. The summed E-state index contributed by atoms with van der Waals surface area (Å²) in [6.45, 7) is 2.06. The van der Waals surface area contributed by atoms with Gasteiger partial charge in [-0.1, -0.05) is 6.92 Å². The Labute approximate surface area is 153 Å². The van der Waals surface area contributed by atoms with E-state index < -0.39 is 5.97 Å². The molecule has 4 rings (SSSR count). The molecule has 26 heavy (non-hydrogen) atoms. The molecule has 2 N–H and O–H groups in total. The van der Waals surface area contributed by atoms with E-state index in [2.05, 4.69) is 6.92 Å². The molecule has 4 unspecified atom stereocenters. The summed E-state index contributed by atoms with van der Waals surface area (Å²) in [5, 5.41) is 19.2. The van der Waals surface area contributed by atoms with E-state index in [1.807, 2.05) is 12.1 Å². The quantitative estimate of drug-likeness (QED) is 0.864. The van der Waals surface area contributed by atoms with Gasteiger partial charge in [0.1, 0.15) is 5.78 Å². The molecule has 1 aromatic carbocycles. The molecule has 1 aromatic rings. The van der Waals surface area contributed by atoms with Crippen molar-refractivity contribution in [1.29, 1.82) is 0 Å². The molecule has 0 spiro atoms. The Morgan fingerprint density at radius 1 is 1.35 bits per heavy atom. The lowest BCUT2D eigenvalue weighted by molar-refractivity contribution is -0.141. The Balaban J connectivity index is 1.68. The Bertz CT molecular complexity index is 770. The van der Waals surface area contributed by atoms with Gasteiger partial charge in [0.15, 0.2) is 11.5 Å². The first-order valence-electron chi connectivity index (χ1n) is 9.51. The largest absolute Gasteiger partial charge is 0.504 e. The number of benzene rings is 1. The average molecular weight is 358 g/mol. The number of methoxy groups -OCH3 is 1. The second kappa shape index (κ2) is 6.00. The number of aliphatic carboxylic acids is 1. The molecule has 2 saturated carbocycles. The van der Waals surface area contributed by atoms with Gasteiger partial charge in [0, 0.05) is 11.3 Å². The van der Waals surface area contributed by atoms with Crippen molar-refractivity contribution in [2.75, 3.05) is 7.11 Å². The minimum Gasteiger partial charge on any atom is -0.504 e. The van der Waals surface area contributed by atoms with Gasteiger partial charge in [-0.15, -0.1) is 0 Å². The van der Waals surface area contributed by atoms with Crippen molar-refractivity contribution in [3.05, 3.63) is 23.3 Å². The summed E-state index contributed by atoms with van der Waals surface area (Å²) >= 11 is 0. The van der Waals surface area contributed by atoms with Crippen LogP contribution in [0.4, 0.5) is 0 Å². The zero-order chi connectivity index (χ0) is 18.6. The number of fused-ring (bicyclic) bond motifs is 5. The third-order valence-electron chi connectivity index (χ3n) is 7.31. The number of hydrogen-bond acceptors (Lipinski definition) is 4. The van der Waals surface area contributed by atoms with Crippen molar-refractivity contribution in [3.8, 4) is 11.5 Å². The second-order valence-electron chi connectivity index (χ2n) is 8.49. The second-order valence-corrected chi connectivity index (χ2v) is 8.49. The molecule has 0 aromatic heterocycles. The highest BCUT2D eigenvalue weighted by molar-refractivity contribution is 5.92. The summed E-state index contributed by atoms with van der Waals surface area (Å²) in [5.41, 5.74) is 2.05. The van der Waals surface area contributed by atoms with Crippen molar-refractivity contribution in [2.45, 2.75) is 51.4 Å². The van der Waals surface area contributed by atoms with Gasteiger partial charge in [-0.05, 0) is 73.1 Å². The number of aryl methyl sites for hydroxylation is 1. The van der Waals surface area contributed by atoms with Gasteiger partial charge in [0.25, 0.3) is 0 Å². The maximum absolute atomic E-state index is 12.9. The summed E-state index contributed by atoms with van der Waals surface area (Å²) in [5.74, 6) is 0.657. The lowest BCUT2D eigenvalue weighted by Gasteiger charge is -2.48. The number of phenols is 1. The number of ketones is 1. The molecule has 5 heteroatoms. The highest BCUT2D eigenvalue weighted by atomic mass is 16.5. The van der Waals surface area contributed by atoms with Crippen LogP contribution in [0.2, 0.25) is 0 Å². The number of carbonyl (C=O) groups excluding carboxylic acids is 1. The fraction of sp³-hybridized carbons (Fsp3) is 0.619. The number of carboxylic acid groups (broad SMARTS) is 1. The third kappa shape index (κ3) is 2.43. The molecule has 0 bridgehead atoms. The Kier molecular flexibility index (Phi) is 4.01. The SMILES string of the molecule is COc1cc2c(cc1O)CCC1C2CC[C@]2(C)C(=O)C(CC(=O)O)CC12. The van der Waals surface area contributed by atoms with Gasteiger partial charge in [0.2, 0.25) is 0 Å². The van der Waals surface area contributed by atoms with Crippen molar-refractivity contribution in [2.24, 2.45) is 23.2 Å². The van der Waals surface area contributed by atoms with Crippen LogP contribution < -0.4 is 4.74 Å². The first kappa shape index (κ1) is 17.4. The average Bonchev–Trinajstić information content (AvgIpc) is 2.85. The summed E-state index contributed by atoms with van der Waals surface area (Å²) in [6, 6.07) is 3.79. The monoisotopic (exact) mass is 358 g/mol. The number of carboxylic acids is 1. The van der Waals surface area contributed by atoms with Crippen LogP contribution in [0.3, 0.4) is 0 Å². The normalized spacial score (nSPS) is 35.4. The van der Waals surface area contributed by atoms with Crippen LogP contribution in [-0.2, 0) is 16.0 Å².